The Bertz CT molecular complexity index is 812. The summed E-state index contributed by atoms with van der Waals surface area (Å²) >= 11 is 0. The van der Waals surface area contributed by atoms with Crippen molar-refractivity contribution in [3.8, 4) is 0 Å². The Morgan fingerprint density at radius 1 is 1.38 bits per heavy atom. The van der Waals surface area contributed by atoms with Crippen LogP contribution in [-0.2, 0) is 19.5 Å². The summed E-state index contributed by atoms with van der Waals surface area (Å²) in [6.45, 7) is 2.48. The lowest BCUT2D eigenvalue weighted by molar-refractivity contribution is -0.387. The van der Waals surface area contributed by atoms with Gasteiger partial charge in [-0.05, 0) is 19.9 Å². The van der Waals surface area contributed by atoms with Gasteiger partial charge in [-0.3, -0.25) is 10.1 Å². The zero-order chi connectivity index (χ0) is 19.3. The number of para-hydroxylation sites is 1. The number of nitro groups is 1. The zero-order valence-electron chi connectivity index (χ0n) is 14.2. The number of nitrogens with zero attached hydrogens (tertiary/aromatic N) is 2. The standard InChI is InChI=1S/C15H20N2O8S/c1-15(2)24-11-7-16(13(10(19)8-18)14(11)25-15)26(22,23)12-6-4-3-5-9(12)17(20)21/h3-6,10-11,13-14,18-19H,7-8H2,1-2H3/t10-,11-,13+,14-/m1/s1. The molecule has 0 unspecified atom stereocenters. The van der Waals surface area contributed by atoms with Crippen LogP contribution >= 0.6 is 0 Å². The molecule has 2 saturated heterocycles. The summed E-state index contributed by atoms with van der Waals surface area (Å²) in [4.78, 5) is 9.95. The quantitative estimate of drug-likeness (QED) is 0.524. The van der Waals surface area contributed by atoms with Crippen molar-refractivity contribution in [2.75, 3.05) is 13.2 Å². The van der Waals surface area contributed by atoms with Gasteiger partial charge in [0.25, 0.3) is 5.69 Å². The van der Waals surface area contributed by atoms with E-state index in [-0.39, 0.29) is 6.54 Å². The van der Waals surface area contributed by atoms with E-state index in [1.165, 1.54) is 12.1 Å². The summed E-state index contributed by atoms with van der Waals surface area (Å²) in [6.07, 6.45) is -2.89. The SMILES string of the molecule is CC1(C)O[C@H]2[C@H]([C@H](O)CO)N(S(=O)(=O)c3ccccc3[N+](=O)[O-])C[C@H]2O1. The molecule has 1 aromatic carbocycles. The lowest BCUT2D eigenvalue weighted by atomic mass is 10.1. The van der Waals surface area contributed by atoms with Gasteiger partial charge in [0.05, 0.1) is 23.7 Å². The summed E-state index contributed by atoms with van der Waals surface area (Å²) < 4.78 is 38.5. The van der Waals surface area contributed by atoms with Crippen LogP contribution in [0.5, 0.6) is 0 Å². The second kappa shape index (κ2) is 6.51. The van der Waals surface area contributed by atoms with Gasteiger partial charge in [0.15, 0.2) is 10.7 Å². The highest BCUT2D eigenvalue weighted by Crippen LogP contribution is 2.41. The van der Waals surface area contributed by atoms with Gasteiger partial charge in [-0.1, -0.05) is 12.1 Å². The lowest BCUT2D eigenvalue weighted by Crippen LogP contribution is -2.50. The monoisotopic (exact) mass is 388 g/mol. The molecule has 2 aliphatic rings. The minimum absolute atomic E-state index is 0.149. The van der Waals surface area contributed by atoms with Gasteiger partial charge in [0, 0.05) is 12.6 Å². The molecule has 10 nitrogen and oxygen atoms in total. The predicted molar refractivity (Wildman–Crippen MR) is 87.7 cm³/mol. The van der Waals surface area contributed by atoms with Crippen LogP contribution in [0.3, 0.4) is 0 Å². The van der Waals surface area contributed by atoms with Gasteiger partial charge in [-0.25, -0.2) is 8.42 Å². The molecule has 26 heavy (non-hydrogen) atoms. The first-order valence-corrected chi connectivity index (χ1v) is 9.42. The van der Waals surface area contributed by atoms with Crippen LogP contribution in [-0.4, -0.2) is 71.2 Å². The third-order valence-electron chi connectivity index (χ3n) is 4.48. The Kier molecular flexibility index (Phi) is 4.80. The minimum atomic E-state index is -4.34. The number of benzene rings is 1. The van der Waals surface area contributed by atoms with Gasteiger partial charge in [0.2, 0.25) is 10.0 Å². The number of sulfonamides is 1. The molecule has 0 amide bonds. The predicted octanol–water partition coefficient (Wildman–Crippen LogP) is -0.159. The molecule has 4 atom stereocenters. The van der Waals surface area contributed by atoms with Crippen molar-refractivity contribution in [3.05, 3.63) is 34.4 Å². The molecule has 11 heteroatoms. The topological polar surface area (TPSA) is 139 Å². The minimum Gasteiger partial charge on any atom is -0.394 e. The molecule has 2 aliphatic heterocycles. The molecule has 3 rings (SSSR count). The van der Waals surface area contributed by atoms with Gasteiger partial charge in [0.1, 0.15) is 12.2 Å². The molecule has 0 radical (unpaired) electrons. The van der Waals surface area contributed by atoms with Crippen molar-refractivity contribution in [3.63, 3.8) is 0 Å². The highest BCUT2D eigenvalue weighted by molar-refractivity contribution is 7.89. The maximum absolute atomic E-state index is 13.1. The van der Waals surface area contributed by atoms with E-state index in [1.807, 2.05) is 0 Å². The number of aliphatic hydroxyl groups is 2. The van der Waals surface area contributed by atoms with Crippen LogP contribution < -0.4 is 0 Å². The highest BCUT2D eigenvalue weighted by atomic mass is 32.2. The van der Waals surface area contributed by atoms with Crippen molar-refractivity contribution >= 4 is 15.7 Å². The number of rotatable bonds is 5. The smallest absolute Gasteiger partial charge is 0.289 e. The first kappa shape index (κ1) is 19.1. The Morgan fingerprint density at radius 2 is 2.04 bits per heavy atom. The number of fused-ring (bicyclic) bond motifs is 1. The van der Waals surface area contributed by atoms with Crippen molar-refractivity contribution in [1.82, 2.24) is 4.31 Å². The van der Waals surface area contributed by atoms with E-state index < -0.39 is 62.3 Å². The van der Waals surface area contributed by atoms with E-state index in [0.29, 0.717) is 0 Å². The van der Waals surface area contributed by atoms with Crippen molar-refractivity contribution in [1.29, 1.82) is 0 Å². The van der Waals surface area contributed by atoms with Gasteiger partial charge < -0.3 is 19.7 Å². The van der Waals surface area contributed by atoms with E-state index in [9.17, 15) is 28.7 Å². The van der Waals surface area contributed by atoms with Crippen LogP contribution in [0.15, 0.2) is 29.2 Å². The first-order valence-electron chi connectivity index (χ1n) is 7.98. The van der Waals surface area contributed by atoms with Crippen molar-refractivity contribution in [2.45, 2.75) is 48.9 Å². The number of nitro benzene ring substituents is 1. The third kappa shape index (κ3) is 3.10. The lowest BCUT2D eigenvalue weighted by Gasteiger charge is -2.31. The highest BCUT2D eigenvalue weighted by Gasteiger charge is 2.58. The number of ether oxygens (including phenoxy) is 2. The molecule has 1 aromatic rings. The molecule has 0 spiro atoms. The van der Waals surface area contributed by atoms with Crippen molar-refractivity contribution in [2.24, 2.45) is 0 Å². The van der Waals surface area contributed by atoms with E-state index in [1.54, 1.807) is 13.8 Å². The third-order valence-corrected chi connectivity index (χ3v) is 6.39. The van der Waals surface area contributed by atoms with E-state index in [2.05, 4.69) is 0 Å². The summed E-state index contributed by atoms with van der Waals surface area (Å²) in [7, 11) is -4.34. The average Bonchev–Trinajstić information content (AvgIpc) is 3.06. The van der Waals surface area contributed by atoms with Crippen LogP contribution in [0.25, 0.3) is 0 Å². The molecule has 0 aliphatic carbocycles. The van der Waals surface area contributed by atoms with Crippen LogP contribution in [0, 0.1) is 10.1 Å². The molecule has 2 fully saturated rings. The average molecular weight is 388 g/mol. The number of hydrogen-bond donors (Lipinski definition) is 2. The first-order chi connectivity index (χ1) is 12.1. The Labute approximate surface area is 150 Å². The van der Waals surface area contributed by atoms with Crippen LogP contribution in [0.4, 0.5) is 5.69 Å². The normalized spacial score (nSPS) is 29.5. The van der Waals surface area contributed by atoms with Crippen LogP contribution in [0.1, 0.15) is 13.8 Å². The fourth-order valence-corrected chi connectivity index (χ4v) is 5.32. The van der Waals surface area contributed by atoms with Crippen LogP contribution in [0.2, 0.25) is 0 Å². The second-order valence-corrected chi connectivity index (χ2v) is 8.54. The zero-order valence-corrected chi connectivity index (χ0v) is 15.0. The Morgan fingerprint density at radius 3 is 2.65 bits per heavy atom. The van der Waals surface area contributed by atoms with Gasteiger partial charge in [-0.2, -0.15) is 4.31 Å². The molecule has 0 aromatic heterocycles. The molecule has 0 saturated carbocycles. The van der Waals surface area contributed by atoms with Crippen molar-refractivity contribution < 1.29 is 33.0 Å². The fourth-order valence-electron chi connectivity index (χ4n) is 3.49. The van der Waals surface area contributed by atoms with Gasteiger partial charge in [-0.15, -0.1) is 0 Å². The maximum atomic E-state index is 13.1. The summed E-state index contributed by atoms with van der Waals surface area (Å²) in [5, 5.41) is 30.8. The largest absolute Gasteiger partial charge is 0.394 e. The second-order valence-electron chi connectivity index (χ2n) is 6.68. The fraction of sp³-hybridized carbons (Fsp3) is 0.600. The summed E-state index contributed by atoms with van der Waals surface area (Å²) in [5.74, 6) is -0.961. The number of aliphatic hydroxyl groups excluding tert-OH is 2. The molecule has 144 valence electrons. The van der Waals surface area contributed by atoms with Gasteiger partial charge >= 0.3 is 0 Å². The van der Waals surface area contributed by atoms with E-state index in [4.69, 9.17) is 9.47 Å². The summed E-state index contributed by atoms with van der Waals surface area (Å²) in [5.41, 5.74) is -0.566. The molecule has 0 bridgehead atoms. The molecular weight excluding hydrogens is 368 g/mol. The van der Waals surface area contributed by atoms with E-state index >= 15 is 0 Å². The maximum Gasteiger partial charge on any atom is 0.289 e. The molecular formula is C15H20N2O8S. The Balaban J connectivity index is 2.04. The summed E-state index contributed by atoms with van der Waals surface area (Å²) in [6, 6.07) is 3.85. The van der Waals surface area contributed by atoms with E-state index in [0.717, 1.165) is 16.4 Å². The Hall–Kier alpha value is -1.63. The molecule has 2 heterocycles. The number of hydrogen-bond acceptors (Lipinski definition) is 8. The molecule has 2 N–H and O–H groups in total.